The fraction of sp³-hybridized carbons (Fsp3) is 0.667. The lowest BCUT2D eigenvalue weighted by Gasteiger charge is -2.31. The van der Waals surface area contributed by atoms with Crippen molar-refractivity contribution in [2.24, 2.45) is 11.7 Å². The van der Waals surface area contributed by atoms with Crippen molar-refractivity contribution in [3.05, 3.63) is 11.3 Å². The number of ether oxygens (including phenoxy) is 3. The van der Waals surface area contributed by atoms with Gasteiger partial charge in [-0.05, 0) is 12.8 Å². The lowest BCUT2D eigenvalue weighted by molar-refractivity contribution is -0.149. The second-order valence-corrected chi connectivity index (χ2v) is 6.10. The van der Waals surface area contributed by atoms with Crippen LogP contribution in [0.15, 0.2) is 0 Å². The lowest BCUT2D eigenvalue weighted by atomic mass is 9.86. The number of carbonyl (C=O) groups excluding carboxylic acids is 2. The van der Waals surface area contributed by atoms with Crippen LogP contribution in [0.3, 0.4) is 0 Å². The van der Waals surface area contributed by atoms with Crippen molar-refractivity contribution in [3.8, 4) is 0 Å². The van der Waals surface area contributed by atoms with Crippen molar-refractivity contribution in [2.45, 2.75) is 24.8 Å². The first-order chi connectivity index (χ1) is 11.5. The van der Waals surface area contributed by atoms with Gasteiger partial charge in [0.2, 0.25) is 0 Å². The SMILES string of the molecule is COC(=O)C(c1nn(C2CCOCC2)c(N)c1C(N)=O)C1COC1. The van der Waals surface area contributed by atoms with Crippen LogP contribution in [0.2, 0.25) is 0 Å². The molecule has 2 aliphatic heterocycles. The number of nitrogens with zero attached hydrogens (tertiary/aromatic N) is 2. The third-order valence-corrected chi connectivity index (χ3v) is 4.64. The van der Waals surface area contributed by atoms with Gasteiger partial charge in [-0.3, -0.25) is 9.59 Å². The van der Waals surface area contributed by atoms with Crippen LogP contribution >= 0.6 is 0 Å². The van der Waals surface area contributed by atoms with Crippen LogP contribution in [0.1, 0.15) is 40.9 Å². The number of anilines is 1. The standard InChI is InChI=1S/C15H22N4O5/c1-22-15(21)10(8-6-24-7-8)12-11(14(17)20)13(16)19(18-12)9-2-4-23-5-3-9/h8-10H,2-7,16H2,1H3,(H2,17,20). The maximum atomic E-state index is 12.3. The Labute approximate surface area is 139 Å². The van der Waals surface area contributed by atoms with Crippen LogP contribution in [0.4, 0.5) is 5.82 Å². The van der Waals surface area contributed by atoms with Gasteiger partial charge < -0.3 is 25.7 Å². The van der Waals surface area contributed by atoms with E-state index in [1.807, 2.05) is 0 Å². The average molecular weight is 338 g/mol. The van der Waals surface area contributed by atoms with E-state index in [0.717, 1.165) is 12.8 Å². The van der Waals surface area contributed by atoms with Crippen molar-refractivity contribution in [3.63, 3.8) is 0 Å². The molecular formula is C15H22N4O5. The van der Waals surface area contributed by atoms with E-state index in [1.165, 1.54) is 7.11 Å². The topological polar surface area (TPSA) is 132 Å². The highest BCUT2D eigenvalue weighted by Gasteiger charge is 2.41. The van der Waals surface area contributed by atoms with Crippen LogP contribution in [0.25, 0.3) is 0 Å². The summed E-state index contributed by atoms with van der Waals surface area (Å²) in [5.41, 5.74) is 12.1. The number of primary amides is 1. The van der Waals surface area contributed by atoms with Crippen molar-refractivity contribution in [1.82, 2.24) is 9.78 Å². The van der Waals surface area contributed by atoms with Gasteiger partial charge in [0.15, 0.2) is 0 Å². The van der Waals surface area contributed by atoms with Gasteiger partial charge in [0.25, 0.3) is 5.91 Å². The number of carbonyl (C=O) groups is 2. The quantitative estimate of drug-likeness (QED) is 0.712. The van der Waals surface area contributed by atoms with E-state index in [-0.39, 0.29) is 29.0 Å². The van der Waals surface area contributed by atoms with Gasteiger partial charge in [-0.15, -0.1) is 0 Å². The predicted octanol–water partition coefficient (Wildman–Crippen LogP) is -0.181. The number of rotatable bonds is 5. The molecule has 1 unspecified atom stereocenters. The number of nitrogens with two attached hydrogens (primary N) is 2. The largest absolute Gasteiger partial charge is 0.468 e. The number of nitrogen functional groups attached to an aromatic ring is 1. The zero-order valence-electron chi connectivity index (χ0n) is 13.6. The smallest absolute Gasteiger partial charge is 0.315 e. The van der Waals surface area contributed by atoms with Gasteiger partial charge in [-0.25, -0.2) is 4.68 Å². The van der Waals surface area contributed by atoms with Crippen molar-refractivity contribution in [2.75, 3.05) is 39.3 Å². The Morgan fingerprint density at radius 2 is 1.96 bits per heavy atom. The summed E-state index contributed by atoms with van der Waals surface area (Å²) in [4.78, 5) is 24.2. The fourth-order valence-electron chi connectivity index (χ4n) is 3.24. The van der Waals surface area contributed by atoms with Gasteiger partial charge in [-0.1, -0.05) is 0 Å². The molecule has 1 aromatic heterocycles. The van der Waals surface area contributed by atoms with Gasteiger partial charge in [0.1, 0.15) is 17.3 Å². The minimum Gasteiger partial charge on any atom is -0.468 e. The monoisotopic (exact) mass is 338 g/mol. The molecule has 0 bridgehead atoms. The van der Waals surface area contributed by atoms with E-state index in [4.69, 9.17) is 25.7 Å². The lowest BCUT2D eigenvalue weighted by Crippen LogP contribution is -2.38. The Bertz CT molecular complexity index is 634. The van der Waals surface area contributed by atoms with Gasteiger partial charge in [-0.2, -0.15) is 5.10 Å². The predicted molar refractivity (Wildman–Crippen MR) is 83.3 cm³/mol. The first-order valence-electron chi connectivity index (χ1n) is 7.95. The van der Waals surface area contributed by atoms with Gasteiger partial charge >= 0.3 is 5.97 Å². The highest BCUT2D eigenvalue weighted by molar-refractivity contribution is 6.00. The molecular weight excluding hydrogens is 316 g/mol. The minimum absolute atomic E-state index is 0.0153. The molecule has 24 heavy (non-hydrogen) atoms. The highest BCUT2D eigenvalue weighted by Crippen LogP contribution is 2.36. The van der Waals surface area contributed by atoms with Crippen LogP contribution in [-0.2, 0) is 19.0 Å². The molecule has 2 aliphatic rings. The number of aromatic nitrogens is 2. The molecule has 0 spiro atoms. The van der Waals surface area contributed by atoms with E-state index >= 15 is 0 Å². The first kappa shape index (κ1) is 16.7. The molecule has 9 heteroatoms. The number of hydrogen-bond donors (Lipinski definition) is 2. The molecule has 9 nitrogen and oxygen atoms in total. The van der Waals surface area contributed by atoms with E-state index in [2.05, 4.69) is 5.10 Å². The first-order valence-corrected chi connectivity index (χ1v) is 7.95. The third kappa shape index (κ3) is 2.84. The summed E-state index contributed by atoms with van der Waals surface area (Å²) in [6.45, 7) is 2.01. The Morgan fingerprint density at radius 1 is 1.29 bits per heavy atom. The second kappa shape index (κ2) is 6.78. The summed E-state index contributed by atoms with van der Waals surface area (Å²) in [6, 6.07) is 0.0153. The normalized spacial score (nSPS) is 20.4. The zero-order chi connectivity index (χ0) is 17.3. The minimum atomic E-state index is -0.713. The molecule has 0 aromatic carbocycles. The molecule has 132 valence electrons. The van der Waals surface area contributed by atoms with E-state index in [1.54, 1.807) is 4.68 Å². The third-order valence-electron chi connectivity index (χ3n) is 4.64. The van der Waals surface area contributed by atoms with E-state index < -0.39 is 17.8 Å². The van der Waals surface area contributed by atoms with E-state index in [9.17, 15) is 9.59 Å². The molecule has 1 aromatic rings. The molecule has 0 aliphatic carbocycles. The summed E-state index contributed by atoms with van der Waals surface area (Å²) >= 11 is 0. The summed E-state index contributed by atoms with van der Waals surface area (Å²) < 4.78 is 17.0. The molecule has 2 fully saturated rings. The Morgan fingerprint density at radius 3 is 2.46 bits per heavy atom. The van der Waals surface area contributed by atoms with Gasteiger partial charge in [0.05, 0.1) is 32.1 Å². The number of amides is 1. The second-order valence-electron chi connectivity index (χ2n) is 6.10. The summed E-state index contributed by atoms with van der Waals surface area (Å²) in [5.74, 6) is -1.79. The average Bonchev–Trinajstić information content (AvgIpc) is 2.88. The molecule has 1 atom stereocenters. The van der Waals surface area contributed by atoms with Crippen molar-refractivity contribution in [1.29, 1.82) is 0 Å². The van der Waals surface area contributed by atoms with Crippen molar-refractivity contribution >= 4 is 17.7 Å². The maximum absolute atomic E-state index is 12.3. The van der Waals surface area contributed by atoms with Gasteiger partial charge in [0, 0.05) is 19.1 Å². The number of esters is 1. The Balaban J connectivity index is 2.04. The Hall–Kier alpha value is -2.13. The maximum Gasteiger partial charge on any atom is 0.315 e. The number of methoxy groups -OCH3 is 1. The van der Waals surface area contributed by atoms with Crippen LogP contribution < -0.4 is 11.5 Å². The molecule has 3 rings (SSSR count). The molecule has 1 amide bonds. The molecule has 0 radical (unpaired) electrons. The summed E-state index contributed by atoms with van der Waals surface area (Å²) in [6.07, 6.45) is 1.47. The molecule has 4 N–H and O–H groups in total. The summed E-state index contributed by atoms with van der Waals surface area (Å²) in [5, 5.41) is 4.51. The van der Waals surface area contributed by atoms with Crippen molar-refractivity contribution < 1.29 is 23.8 Å². The Kier molecular flexibility index (Phi) is 4.72. The zero-order valence-corrected chi connectivity index (χ0v) is 13.6. The fourth-order valence-corrected chi connectivity index (χ4v) is 3.24. The van der Waals surface area contributed by atoms with Crippen LogP contribution in [0.5, 0.6) is 0 Å². The number of hydrogen-bond acceptors (Lipinski definition) is 7. The molecule has 3 heterocycles. The highest BCUT2D eigenvalue weighted by atomic mass is 16.5. The van der Waals surface area contributed by atoms with E-state index in [0.29, 0.717) is 26.4 Å². The van der Waals surface area contributed by atoms with Crippen LogP contribution in [-0.4, -0.2) is 55.2 Å². The van der Waals surface area contributed by atoms with Crippen LogP contribution in [0, 0.1) is 5.92 Å². The summed E-state index contributed by atoms with van der Waals surface area (Å²) in [7, 11) is 1.30. The molecule has 2 saturated heterocycles. The molecule has 0 saturated carbocycles.